The first kappa shape index (κ1) is 24.6. The Morgan fingerprint density at radius 2 is 1.23 bits per heavy atom. The summed E-state index contributed by atoms with van der Waals surface area (Å²) in [6, 6.07) is 50.6. The fourth-order valence-electron chi connectivity index (χ4n) is 6.42. The topological polar surface area (TPSA) is 43.9 Å². The van der Waals surface area contributed by atoms with Crippen molar-refractivity contribution in [1.82, 2.24) is 14.5 Å². The van der Waals surface area contributed by atoms with Crippen LogP contribution in [0.2, 0.25) is 0 Å². The Morgan fingerprint density at radius 3 is 2.11 bits per heavy atom. The van der Waals surface area contributed by atoms with Gasteiger partial charge in [0.1, 0.15) is 11.2 Å². The first-order valence-corrected chi connectivity index (χ1v) is 14.7. The van der Waals surface area contributed by atoms with Crippen LogP contribution in [0, 0.1) is 0 Å². The number of hydrogen-bond acceptors (Lipinski definition) is 3. The number of hydrogen-bond donors (Lipinski definition) is 0. The van der Waals surface area contributed by atoms with E-state index in [1.54, 1.807) is 0 Å². The predicted octanol–water partition coefficient (Wildman–Crippen LogP) is 10.5. The highest BCUT2D eigenvalue weighted by Crippen LogP contribution is 2.41. The van der Waals surface area contributed by atoms with E-state index in [2.05, 4.69) is 119 Å². The number of benzene rings is 6. The maximum Gasteiger partial charge on any atom is 0.159 e. The van der Waals surface area contributed by atoms with Gasteiger partial charge in [-0.2, -0.15) is 0 Å². The number of aromatic nitrogens is 3. The normalized spacial score (nSPS) is 11.6. The molecule has 0 spiro atoms. The van der Waals surface area contributed by atoms with Crippen LogP contribution in [-0.2, 0) is 0 Å². The fraction of sp³-hybridized carbons (Fsp3) is 0. The lowest BCUT2D eigenvalue weighted by atomic mass is 10.0. The van der Waals surface area contributed by atoms with Gasteiger partial charge in [0.25, 0.3) is 0 Å². The summed E-state index contributed by atoms with van der Waals surface area (Å²) in [6.45, 7) is 0. The van der Waals surface area contributed by atoms with E-state index in [9.17, 15) is 0 Å². The molecule has 44 heavy (non-hydrogen) atoms. The Bertz CT molecular complexity index is 2490. The Balaban J connectivity index is 1.24. The molecule has 0 radical (unpaired) electrons. The van der Waals surface area contributed by atoms with Crippen molar-refractivity contribution in [3.8, 4) is 39.5 Å². The van der Waals surface area contributed by atoms with Gasteiger partial charge in [-0.25, -0.2) is 9.97 Å². The lowest BCUT2D eigenvalue weighted by Crippen LogP contribution is -1.93. The van der Waals surface area contributed by atoms with Crippen LogP contribution in [0.15, 0.2) is 156 Å². The Labute approximate surface area is 253 Å². The van der Waals surface area contributed by atoms with Crippen molar-refractivity contribution >= 4 is 43.7 Å². The van der Waals surface area contributed by atoms with Gasteiger partial charge >= 0.3 is 0 Å². The summed E-state index contributed by atoms with van der Waals surface area (Å²) in [5, 5.41) is 4.56. The molecule has 0 atom stereocenters. The first-order valence-electron chi connectivity index (χ1n) is 14.7. The third-order valence-corrected chi connectivity index (χ3v) is 8.47. The minimum absolute atomic E-state index is 0.708. The average Bonchev–Trinajstić information content (AvgIpc) is 3.64. The molecule has 0 bridgehead atoms. The number of fused-ring (bicyclic) bond motifs is 7. The molecular weight excluding hydrogens is 538 g/mol. The van der Waals surface area contributed by atoms with Crippen LogP contribution in [0.5, 0.6) is 0 Å². The SMILES string of the molecule is c1ccc(-c2ccnc(-c3cccc(-c4ccc5c6c7oc8ccccc8c7ccc6n(-c6ccccc6)c5c4)c3)n2)cc1. The lowest BCUT2D eigenvalue weighted by molar-refractivity contribution is 0.673. The summed E-state index contributed by atoms with van der Waals surface area (Å²) in [4.78, 5) is 9.53. The molecule has 9 aromatic rings. The molecule has 0 saturated carbocycles. The Morgan fingerprint density at radius 1 is 0.500 bits per heavy atom. The van der Waals surface area contributed by atoms with Gasteiger partial charge in [-0.15, -0.1) is 0 Å². The summed E-state index contributed by atoms with van der Waals surface area (Å²) in [5.74, 6) is 0.708. The van der Waals surface area contributed by atoms with Crippen LogP contribution < -0.4 is 0 Å². The van der Waals surface area contributed by atoms with Crippen molar-refractivity contribution in [3.63, 3.8) is 0 Å². The van der Waals surface area contributed by atoms with Gasteiger partial charge in [-0.1, -0.05) is 97.1 Å². The maximum atomic E-state index is 6.52. The smallest absolute Gasteiger partial charge is 0.159 e. The van der Waals surface area contributed by atoms with Crippen molar-refractivity contribution < 1.29 is 4.42 Å². The van der Waals surface area contributed by atoms with E-state index in [-0.39, 0.29) is 0 Å². The van der Waals surface area contributed by atoms with Crippen molar-refractivity contribution in [2.24, 2.45) is 0 Å². The monoisotopic (exact) mass is 563 g/mol. The van der Waals surface area contributed by atoms with Crippen LogP contribution in [-0.4, -0.2) is 14.5 Å². The number of rotatable bonds is 4. The summed E-state index contributed by atoms with van der Waals surface area (Å²) < 4.78 is 8.86. The highest BCUT2D eigenvalue weighted by molar-refractivity contribution is 6.24. The largest absolute Gasteiger partial charge is 0.455 e. The molecule has 4 heteroatoms. The summed E-state index contributed by atoms with van der Waals surface area (Å²) >= 11 is 0. The van der Waals surface area contributed by atoms with Gasteiger partial charge in [0.2, 0.25) is 0 Å². The summed E-state index contributed by atoms with van der Waals surface area (Å²) in [6.07, 6.45) is 1.83. The van der Waals surface area contributed by atoms with Gasteiger partial charge < -0.3 is 8.98 Å². The minimum atomic E-state index is 0.708. The highest BCUT2D eigenvalue weighted by Gasteiger charge is 2.19. The molecule has 3 heterocycles. The van der Waals surface area contributed by atoms with Crippen LogP contribution in [0.25, 0.3) is 83.2 Å². The van der Waals surface area contributed by atoms with E-state index in [1.807, 2.05) is 42.6 Å². The molecule has 0 unspecified atom stereocenters. The van der Waals surface area contributed by atoms with Gasteiger partial charge in [-0.3, -0.25) is 0 Å². The maximum absolute atomic E-state index is 6.52. The van der Waals surface area contributed by atoms with Gasteiger partial charge in [-0.05, 0) is 59.7 Å². The van der Waals surface area contributed by atoms with E-state index in [0.29, 0.717) is 5.82 Å². The summed E-state index contributed by atoms with van der Waals surface area (Å²) in [5.41, 5.74) is 10.4. The first-order chi connectivity index (χ1) is 21.8. The molecule has 0 aliphatic carbocycles. The third-order valence-electron chi connectivity index (χ3n) is 8.47. The highest BCUT2D eigenvalue weighted by atomic mass is 16.3. The van der Waals surface area contributed by atoms with Gasteiger partial charge in [0.15, 0.2) is 5.82 Å². The van der Waals surface area contributed by atoms with Crippen LogP contribution >= 0.6 is 0 Å². The van der Waals surface area contributed by atoms with E-state index in [0.717, 1.165) is 77.4 Å². The predicted molar refractivity (Wildman–Crippen MR) is 180 cm³/mol. The van der Waals surface area contributed by atoms with Gasteiger partial charge in [0, 0.05) is 39.2 Å². The van der Waals surface area contributed by atoms with E-state index < -0.39 is 0 Å². The number of para-hydroxylation sites is 2. The molecule has 0 N–H and O–H groups in total. The molecule has 206 valence electrons. The van der Waals surface area contributed by atoms with Crippen molar-refractivity contribution in [2.45, 2.75) is 0 Å². The third kappa shape index (κ3) is 3.85. The molecule has 0 saturated heterocycles. The van der Waals surface area contributed by atoms with E-state index in [1.165, 1.54) is 0 Å². The van der Waals surface area contributed by atoms with Crippen LogP contribution in [0.4, 0.5) is 0 Å². The lowest BCUT2D eigenvalue weighted by Gasteiger charge is -2.10. The standard InChI is InChI=1S/C40H25N3O/c1-3-10-26(11-4-1)34-22-23-41-40(42-34)29-13-9-12-27(24-29)28-18-19-33-36(25-28)43(30-14-5-2-6-15-30)35-21-20-32-31-16-7-8-17-37(31)44-39(32)38(33)35/h1-25H. The second kappa shape index (κ2) is 9.79. The van der Waals surface area contributed by atoms with Crippen molar-refractivity contribution in [3.05, 3.63) is 152 Å². The van der Waals surface area contributed by atoms with Crippen molar-refractivity contribution in [1.29, 1.82) is 0 Å². The average molecular weight is 564 g/mol. The molecule has 6 aromatic carbocycles. The number of furan rings is 1. The minimum Gasteiger partial charge on any atom is -0.455 e. The second-order valence-corrected chi connectivity index (χ2v) is 11.0. The fourth-order valence-corrected chi connectivity index (χ4v) is 6.42. The molecule has 9 rings (SSSR count). The zero-order chi connectivity index (χ0) is 29.0. The van der Waals surface area contributed by atoms with E-state index in [4.69, 9.17) is 9.40 Å². The molecule has 0 aliphatic heterocycles. The molecule has 0 fully saturated rings. The molecule has 3 aromatic heterocycles. The molecule has 0 aliphatic rings. The van der Waals surface area contributed by atoms with Crippen LogP contribution in [0.3, 0.4) is 0 Å². The Hall–Kier alpha value is -6.00. The molecule has 0 amide bonds. The molecule has 4 nitrogen and oxygen atoms in total. The van der Waals surface area contributed by atoms with Crippen LogP contribution in [0.1, 0.15) is 0 Å². The molecular formula is C40H25N3O. The zero-order valence-corrected chi connectivity index (χ0v) is 23.7. The van der Waals surface area contributed by atoms with Crippen molar-refractivity contribution in [2.75, 3.05) is 0 Å². The summed E-state index contributed by atoms with van der Waals surface area (Å²) in [7, 11) is 0. The second-order valence-electron chi connectivity index (χ2n) is 11.0. The zero-order valence-electron chi connectivity index (χ0n) is 23.7. The van der Waals surface area contributed by atoms with E-state index >= 15 is 0 Å². The quantitative estimate of drug-likeness (QED) is 0.214. The van der Waals surface area contributed by atoms with Gasteiger partial charge in [0.05, 0.1) is 22.1 Å². The number of nitrogens with zero attached hydrogens (tertiary/aromatic N) is 3. The Kier molecular flexibility index (Phi) is 5.47.